The van der Waals surface area contributed by atoms with Crippen LogP contribution in [-0.2, 0) is 17.6 Å². The van der Waals surface area contributed by atoms with E-state index in [4.69, 9.17) is 10.7 Å². The summed E-state index contributed by atoms with van der Waals surface area (Å²) in [5.74, 6) is 0.352. The van der Waals surface area contributed by atoms with Gasteiger partial charge in [-0.15, -0.1) is 0 Å². The number of nitrogens with one attached hydrogen (secondary N) is 2. The summed E-state index contributed by atoms with van der Waals surface area (Å²) >= 11 is 7.10. The van der Waals surface area contributed by atoms with Gasteiger partial charge in [0, 0.05) is 79.0 Å². The van der Waals surface area contributed by atoms with Crippen molar-refractivity contribution in [3.05, 3.63) is 56.5 Å². The second-order valence-electron chi connectivity index (χ2n) is 13.5. The van der Waals surface area contributed by atoms with Gasteiger partial charge in [-0.3, -0.25) is 15.0 Å². The number of para-hydroxylation sites is 1. The minimum atomic E-state index is -0.735. The molecule has 2 aromatic rings. The first-order valence-corrected chi connectivity index (χ1v) is 18.9. The van der Waals surface area contributed by atoms with Gasteiger partial charge in [-0.05, 0) is 113 Å². The molecule has 49 heavy (non-hydrogen) atoms. The van der Waals surface area contributed by atoms with Crippen LogP contribution in [0.4, 0.5) is 16.2 Å². The number of fused-ring (bicyclic) bond motifs is 1. The highest BCUT2D eigenvalue weighted by Gasteiger charge is 2.34. The number of piperazine rings is 1. The Morgan fingerprint density at radius 1 is 0.980 bits per heavy atom. The smallest absolute Gasteiger partial charge is 0.322 e. The van der Waals surface area contributed by atoms with E-state index >= 15 is 0 Å². The van der Waals surface area contributed by atoms with E-state index in [1.54, 1.807) is 0 Å². The van der Waals surface area contributed by atoms with Gasteiger partial charge in [-0.1, -0.05) is 18.2 Å². The molecule has 2 aromatic carbocycles. The van der Waals surface area contributed by atoms with Crippen molar-refractivity contribution in [1.82, 2.24) is 29.8 Å². The average Bonchev–Trinajstić information content (AvgIpc) is 3.28. The summed E-state index contributed by atoms with van der Waals surface area (Å²) in [5, 5.41) is 15.7. The molecule has 3 amide bonds. The largest absolute Gasteiger partial charge is 0.397 e. The van der Waals surface area contributed by atoms with E-state index in [2.05, 4.69) is 71.6 Å². The van der Waals surface area contributed by atoms with Crippen molar-refractivity contribution in [3.8, 4) is 6.19 Å². The Balaban J connectivity index is 1.16. The van der Waals surface area contributed by atoms with Crippen molar-refractivity contribution >= 4 is 61.1 Å². The maximum Gasteiger partial charge on any atom is 0.322 e. The second kappa shape index (κ2) is 16.1. The van der Waals surface area contributed by atoms with Crippen molar-refractivity contribution < 1.29 is 9.59 Å². The van der Waals surface area contributed by atoms with Gasteiger partial charge in [0.25, 0.3) is 0 Å². The number of amides is 3. The standard InChI is InChI=1S/C35H46Br2N10O2/c1-43-11-7-26(8-12-43)44-16-18-45(19-17-44)33(48)31(22-24-20-28(36)32(39)29(37)21-24)41-34(40-23-38)46-13-9-27(10-14-46)47-15-6-25-4-2-3-5-30(25)42-35(47)49/h2-5,20-21,26-27,31H,6-19,22,39H2,1H3,(H,40,41)(H,42,49)/t31-/m1/s1. The zero-order chi connectivity index (χ0) is 34.5. The van der Waals surface area contributed by atoms with Crippen molar-refractivity contribution in [1.29, 1.82) is 5.26 Å². The van der Waals surface area contributed by atoms with Crippen LogP contribution >= 0.6 is 31.9 Å². The maximum absolute atomic E-state index is 14.3. The molecule has 0 radical (unpaired) electrons. The van der Waals surface area contributed by atoms with E-state index in [1.807, 2.05) is 45.0 Å². The number of piperidine rings is 2. The summed E-state index contributed by atoms with van der Waals surface area (Å²) in [6, 6.07) is 11.6. The van der Waals surface area contributed by atoms with Crippen LogP contribution in [0.2, 0.25) is 0 Å². The van der Waals surface area contributed by atoms with E-state index < -0.39 is 6.04 Å². The number of aliphatic imine (C=N–C) groups is 1. The molecule has 4 aliphatic rings. The lowest BCUT2D eigenvalue weighted by Gasteiger charge is -2.42. The molecular formula is C35H46Br2N10O2. The zero-order valence-electron chi connectivity index (χ0n) is 28.1. The van der Waals surface area contributed by atoms with Crippen molar-refractivity contribution in [2.75, 3.05) is 77.0 Å². The number of nitrogens with zero attached hydrogens (tertiary/aromatic N) is 7. The number of urea groups is 1. The predicted molar refractivity (Wildman–Crippen MR) is 199 cm³/mol. The summed E-state index contributed by atoms with van der Waals surface area (Å²) in [6.07, 6.45) is 6.99. The number of hydrogen-bond donors (Lipinski definition) is 3. The van der Waals surface area contributed by atoms with Gasteiger partial charge in [0.2, 0.25) is 11.9 Å². The van der Waals surface area contributed by atoms with E-state index in [-0.39, 0.29) is 18.0 Å². The second-order valence-corrected chi connectivity index (χ2v) is 15.2. The van der Waals surface area contributed by atoms with Gasteiger partial charge in [0.15, 0.2) is 6.19 Å². The van der Waals surface area contributed by atoms with Crippen LogP contribution in [0.15, 0.2) is 50.3 Å². The number of carbonyl (C=O) groups excluding carboxylic acids is 2. The van der Waals surface area contributed by atoms with Gasteiger partial charge in [0.1, 0.15) is 6.04 Å². The molecule has 0 aliphatic carbocycles. The highest BCUT2D eigenvalue weighted by atomic mass is 79.9. The summed E-state index contributed by atoms with van der Waals surface area (Å²) in [7, 11) is 2.18. The number of likely N-dealkylation sites (tertiary alicyclic amines) is 2. The number of benzene rings is 2. The number of guanidine groups is 1. The number of carbonyl (C=O) groups is 2. The number of nitrogens with two attached hydrogens (primary N) is 1. The Morgan fingerprint density at radius 2 is 1.63 bits per heavy atom. The zero-order valence-corrected chi connectivity index (χ0v) is 31.3. The van der Waals surface area contributed by atoms with Crippen molar-refractivity contribution in [3.63, 3.8) is 0 Å². The molecule has 4 heterocycles. The van der Waals surface area contributed by atoms with Crippen molar-refractivity contribution in [2.45, 2.75) is 56.7 Å². The van der Waals surface area contributed by atoms with E-state index in [1.165, 1.54) is 0 Å². The first-order chi connectivity index (χ1) is 23.7. The summed E-state index contributed by atoms with van der Waals surface area (Å²) in [6.45, 7) is 7.08. The molecule has 0 bridgehead atoms. The number of anilines is 2. The van der Waals surface area contributed by atoms with Crippen molar-refractivity contribution in [2.24, 2.45) is 4.99 Å². The third-order valence-electron chi connectivity index (χ3n) is 10.5. The number of rotatable bonds is 6. The lowest BCUT2D eigenvalue weighted by atomic mass is 10.0. The minimum Gasteiger partial charge on any atom is -0.397 e. The first kappa shape index (κ1) is 35.4. The fourth-order valence-corrected chi connectivity index (χ4v) is 8.84. The molecule has 262 valence electrons. The van der Waals surface area contributed by atoms with E-state index in [9.17, 15) is 14.9 Å². The molecule has 0 aromatic heterocycles. The van der Waals surface area contributed by atoms with Gasteiger partial charge in [-0.2, -0.15) is 5.26 Å². The predicted octanol–water partition coefficient (Wildman–Crippen LogP) is 3.92. The highest BCUT2D eigenvalue weighted by Crippen LogP contribution is 2.31. The van der Waals surface area contributed by atoms with E-state index in [0.717, 1.165) is 84.0 Å². The van der Waals surface area contributed by atoms with Crippen LogP contribution in [0.25, 0.3) is 0 Å². The maximum atomic E-state index is 14.3. The molecule has 1 atom stereocenters. The monoisotopic (exact) mass is 796 g/mol. The summed E-state index contributed by atoms with van der Waals surface area (Å²) < 4.78 is 1.49. The van der Waals surface area contributed by atoms with Crippen LogP contribution < -0.4 is 16.4 Å². The van der Waals surface area contributed by atoms with Crippen LogP contribution in [0.1, 0.15) is 36.8 Å². The molecule has 14 heteroatoms. The molecule has 6 rings (SSSR count). The SMILES string of the molecule is CN1CCC(N2CCN(C(=O)[C@@H](Cc3cc(Br)c(N)c(Br)c3)N=C(NC#N)N3CCC(N4CCc5ccccc5NC4=O)CC3)CC2)CC1. The summed E-state index contributed by atoms with van der Waals surface area (Å²) in [5.41, 5.74) is 9.69. The van der Waals surface area contributed by atoms with Crippen LogP contribution in [0.3, 0.4) is 0 Å². The topological polar surface area (TPSA) is 137 Å². The van der Waals surface area contributed by atoms with Crippen LogP contribution in [-0.4, -0.2) is 126 Å². The molecule has 4 aliphatic heterocycles. The molecule has 0 spiro atoms. The van der Waals surface area contributed by atoms with Gasteiger partial charge in [0.05, 0.1) is 5.69 Å². The number of nitriles is 1. The third-order valence-corrected chi connectivity index (χ3v) is 11.8. The van der Waals surface area contributed by atoms with Gasteiger partial charge in [-0.25, -0.2) is 9.79 Å². The average molecular weight is 799 g/mol. The minimum absolute atomic E-state index is 0.0416. The Morgan fingerprint density at radius 3 is 2.31 bits per heavy atom. The highest BCUT2D eigenvalue weighted by molar-refractivity contribution is 9.11. The fourth-order valence-electron chi connectivity index (χ4n) is 7.56. The lowest BCUT2D eigenvalue weighted by Crippen LogP contribution is -2.56. The van der Waals surface area contributed by atoms with Gasteiger partial charge >= 0.3 is 6.03 Å². The quantitative estimate of drug-likeness (QED) is 0.132. The molecule has 4 N–H and O–H groups in total. The summed E-state index contributed by atoms with van der Waals surface area (Å²) in [4.78, 5) is 43.3. The lowest BCUT2D eigenvalue weighted by molar-refractivity contribution is -0.134. The van der Waals surface area contributed by atoms with Crippen LogP contribution in [0, 0.1) is 11.5 Å². The third kappa shape index (κ3) is 8.51. The molecule has 3 fully saturated rings. The number of nitrogen functional groups attached to an aromatic ring is 1. The molecule has 12 nitrogen and oxygen atoms in total. The normalized spacial score (nSPS) is 21.1. The van der Waals surface area contributed by atoms with E-state index in [0.29, 0.717) is 56.8 Å². The molecular weight excluding hydrogens is 752 g/mol. The van der Waals surface area contributed by atoms with Crippen LogP contribution in [0.5, 0.6) is 0 Å². The molecule has 3 saturated heterocycles. The Kier molecular flexibility index (Phi) is 11.6. The Bertz CT molecular complexity index is 1550. The Labute approximate surface area is 305 Å². The van der Waals surface area contributed by atoms with Gasteiger partial charge < -0.3 is 30.7 Å². The molecule has 0 unspecified atom stereocenters. The Hall–Kier alpha value is -3.38. The molecule has 0 saturated carbocycles. The number of halogens is 2. The first-order valence-electron chi connectivity index (χ1n) is 17.3. The number of hydrogen-bond acceptors (Lipinski definition) is 7. The fraction of sp³-hybridized carbons (Fsp3) is 0.543.